The van der Waals surface area contributed by atoms with Crippen molar-refractivity contribution in [3.63, 3.8) is 0 Å². The van der Waals surface area contributed by atoms with Gasteiger partial charge in [0.2, 0.25) is 11.8 Å². The molecule has 2 aliphatic heterocycles. The lowest BCUT2D eigenvalue weighted by Gasteiger charge is -2.26. The third kappa shape index (κ3) is 5.82. The molecule has 0 aliphatic carbocycles. The molecule has 0 spiro atoms. The van der Waals surface area contributed by atoms with Crippen molar-refractivity contribution >= 4 is 29.0 Å². The molecule has 2 amide bonds. The first kappa shape index (κ1) is 24.7. The van der Waals surface area contributed by atoms with Crippen LogP contribution in [0.4, 0.5) is 24.5 Å². The summed E-state index contributed by atoms with van der Waals surface area (Å²) in [5, 5.41) is 8.29. The Kier molecular flexibility index (Phi) is 7.11. The van der Waals surface area contributed by atoms with Crippen LogP contribution < -0.4 is 16.0 Å². The van der Waals surface area contributed by atoms with E-state index in [-0.39, 0.29) is 42.9 Å². The lowest BCUT2D eigenvalue weighted by Crippen LogP contribution is -2.45. The third-order valence-corrected chi connectivity index (χ3v) is 6.40. The second-order valence-electron chi connectivity index (χ2n) is 8.93. The largest absolute Gasteiger partial charge is 0.418 e. The fraction of sp³-hybridized carbons (Fsp3) is 0.400. The minimum absolute atomic E-state index is 0.00868. The number of ketones is 1. The highest BCUT2D eigenvalue weighted by atomic mass is 19.4. The SMILES string of the molecule is O=C1CCC(C(=O)C[C@@]2(C(=O)NCc3ccc(Nc4ccccc4C(F)(F)F)cc3)CCOC2)N1. The van der Waals surface area contributed by atoms with E-state index in [2.05, 4.69) is 16.0 Å². The Bertz CT molecular complexity index is 1100. The first-order chi connectivity index (χ1) is 16.7. The van der Waals surface area contributed by atoms with Crippen LogP contribution in [0.2, 0.25) is 0 Å². The van der Waals surface area contributed by atoms with Crippen LogP contribution in [-0.4, -0.2) is 36.9 Å². The molecule has 1 unspecified atom stereocenters. The number of anilines is 2. The van der Waals surface area contributed by atoms with Crippen LogP contribution in [0.5, 0.6) is 0 Å². The van der Waals surface area contributed by atoms with Gasteiger partial charge < -0.3 is 20.7 Å². The van der Waals surface area contributed by atoms with E-state index in [9.17, 15) is 27.6 Å². The summed E-state index contributed by atoms with van der Waals surface area (Å²) in [5.41, 5.74) is -0.565. The van der Waals surface area contributed by atoms with Gasteiger partial charge in [0, 0.05) is 31.7 Å². The summed E-state index contributed by atoms with van der Waals surface area (Å²) >= 11 is 0. The maximum absolute atomic E-state index is 13.2. The van der Waals surface area contributed by atoms with Crippen LogP contribution in [-0.2, 0) is 31.8 Å². The number of halogens is 3. The zero-order chi connectivity index (χ0) is 25.1. The summed E-state index contributed by atoms with van der Waals surface area (Å²) in [6.45, 7) is 0.693. The first-order valence-electron chi connectivity index (χ1n) is 11.4. The quantitative estimate of drug-likeness (QED) is 0.526. The molecule has 2 atom stereocenters. The molecule has 2 aromatic carbocycles. The van der Waals surface area contributed by atoms with E-state index in [0.29, 0.717) is 31.6 Å². The summed E-state index contributed by atoms with van der Waals surface area (Å²) in [7, 11) is 0. The van der Waals surface area contributed by atoms with Crippen LogP contribution in [0, 0.1) is 5.41 Å². The molecule has 2 heterocycles. The number of hydrogen-bond donors (Lipinski definition) is 3. The molecule has 2 aromatic rings. The van der Waals surface area contributed by atoms with Crippen molar-refractivity contribution in [3.05, 3.63) is 59.7 Å². The Hall–Kier alpha value is -3.40. The van der Waals surface area contributed by atoms with Gasteiger partial charge in [0.25, 0.3) is 0 Å². The number of Topliss-reactive ketones (excluding diaryl/α,β-unsaturated/α-hetero) is 1. The summed E-state index contributed by atoms with van der Waals surface area (Å²) in [6.07, 6.45) is -3.33. The Labute approximate surface area is 200 Å². The minimum atomic E-state index is -4.47. The molecule has 0 bridgehead atoms. The molecule has 35 heavy (non-hydrogen) atoms. The van der Waals surface area contributed by atoms with Gasteiger partial charge in [-0.2, -0.15) is 13.2 Å². The van der Waals surface area contributed by atoms with Gasteiger partial charge in [-0.15, -0.1) is 0 Å². The molecule has 10 heteroatoms. The number of amides is 2. The fourth-order valence-electron chi connectivity index (χ4n) is 4.39. The standard InChI is InChI=1S/C25H26F3N3O4/c26-25(27,28)18-3-1-2-4-19(18)30-17-7-5-16(6-8-17)14-29-23(34)24(11-12-35-15-24)13-21(32)20-9-10-22(33)31-20/h1-8,20,30H,9-15H2,(H,29,34)(H,31,33)/t20?,24-/m0/s1. The highest BCUT2D eigenvalue weighted by Crippen LogP contribution is 2.36. The van der Waals surface area contributed by atoms with Crippen molar-refractivity contribution in [3.8, 4) is 0 Å². The number of ether oxygens (including phenoxy) is 1. The Morgan fingerprint density at radius 2 is 1.86 bits per heavy atom. The van der Waals surface area contributed by atoms with Gasteiger partial charge in [-0.25, -0.2) is 0 Å². The van der Waals surface area contributed by atoms with Gasteiger partial charge in [0.05, 0.1) is 29.3 Å². The smallest absolute Gasteiger partial charge is 0.380 e. The average Bonchev–Trinajstić information content (AvgIpc) is 3.48. The zero-order valence-electron chi connectivity index (χ0n) is 18.9. The first-order valence-corrected chi connectivity index (χ1v) is 11.4. The Morgan fingerprint density at radius 1 is 1.11 bits per heavy atom. The topological polar surface area (TPSA) is 96.5 Å². The fourth-order valence-corrected chi connectivity index (χ4v) is 4.39. The molecule has 0 saturated carbocycles. The Morgan fingerprint density at radius 3 is 2.49 bits per heavy atom. The molecule has 0 aromatic heterocycles. The summed E-state index contributed by atoms with van der Waals surface area (Å²) in [5.74, 6) is -0.635. The second kappa shape index (κ2) is 10.1. The molecule has 4 rings (SSSR count). The van der Waals surface area contributed by atoms with Crippen molar-refractivity contribution in [1.29, 1.82) is 0 Å². The number of hydrogen-bond acceptors (Lipinski definition) is 5. The van der Waals surface area contributed by atoms with Crippen LogP contribution in [0.3, 0.4) is 0 Å². The maximum Gasteiger partial charge on any atom is 0.418 e. The van der Waals surface area contributed by atoms with E-state index in [0.717, 1.165) is 11.6 Å². The number of nitrogens with one attached hydrogen (secondary N) is 3. The van der Waals surface area contributed by atoms with Gasteiger partial charge in [0.1, 0.15) is 0 Å². The molecule has 2 saturated heterocycles. The van der Waals surface area contributed by atoms with Gasteiger partial charge in [-0.1, -0.05) is 24.3 Å². The monoisotopic (exact) mass is 489 g/mol. The van der Waals surface area contributed by atoms with E-state index in [1.807, 2.05) is 0 Å². The highest BCUT2D eigenvalue weighted by molar-refractivity contribution is 5.96. The molecule has 2 fully saturated rings. The Balaban J connectivity index is 1.36. The van der Waals surface area contributed by atoms with Gasteiger partial charge >= 0.3 is 6.18 Å². The van der Waals surface area contributed by atoms with Crippen LogP contribution in [0.25, 0.3) is 0 Å². The number of benzene rings is 2. The van der Waals surface area contributed by atoms with Crippen molar-refractivity contribution in [2.45, 2.75) is 44.4 Å². The van der Waals surface area contributed by atoms with E-state index in [1.54, 1.807) is 24.3 Å². The van der Waals surface area contributed by atoms with Gasteiger partial charge in [0.15, 0.2) is 5.78 Å². The van der Waals surface area contributed by atoms with Crippen molar-refractivity contribution < 1.29 is 32.3 Å². The van der Waals surface area contributed by atoms with E-state index < -0.39 is 23.2 Å². The van der Waals surface area contributed by atoms with Crippen LogP contribution in [0.1, 0.15) is 36.8 Å². The number of alkyl halides is 3. The summed E-state index contributed by atoms with van der Waals surface area (Å²) in [4.78, 5) is 37.2. The predicted octanol–water partition coefficient (Wildman–Crippen LogP) is 3.71. The van der Waals surface area contributed by atoms with E-state index in [4.69, 9.17) is 4.74 Å². The summed E-state index contributed by atoms with van der Waals surface area (Å²) in [6, 6.07) is 11.3. The van der Waals surface area contributed by atoms with Gasteiger partial charge in [-0.3, -0.25) is 14.4 Å². The van der Waals surface area contributed by atoms with Crippen LogP contribution >= 0.6 is 0 Å². The van der Waals surface area contributed by atoms with Crippen molar-refractivity contribution in [1.82, 2.24) is 10.6 Å². The molecule has 2 aliphatic rings. The molecule has 0 radical (unpaired) electrons. The lowest BCUT2D eigenvalue weighted by molar-refractivity contribution is -0.137. The second-order valence-corrected chi connectivity index (χ2v) is 8.93. The summed E-state index contributed by atoms with van der Waals surface area (Å²) < 4.78 is 45.1. The van der Waals surface area contributed by atoms with Crippen molar-refractivity contribution in [2.24, 2.45) is 5.41 Å². The maximum atomic E-state index is 13.2. The lowest BCUT2D eigenvalue weighted by atomic mass is 9.79. The normalized spacial score (nSPS) is 22.0. The number of para-hydroxylation sites is 1. The molecule has 3 N–H and O–H groups in total. The highest BCUT2D eigenvalue weighted by Gasteiger charge is 2.45. The average molecular weight is 489 g/mol. The van der Waals surface area contributed by atoms with E-state index >= 15 is 0 Å². The van der Waals surface area contributed by atoms with Crippen LogP contribution in [0.15, 0.2) is 48.5 Å². The van der Waals surface area contributed by atoms with Gasteiger partial charge in [-0.05, 0) is 42.7 Å². The van der Waals surface area contributed by atoms with E-state index in [1.165, 1.54) is 18.2 Å². The molecular formula is C25H26F3N3O4. The molecular weight excluding hydrogens is 463 g/mol. The van der Waals surface area contributed by atoms with Crippen molar-refractivity contribution in [2.75, 3.05) is 18.5 Å². The number of rotatable bonds is 8. The predicted molar refractivity (Wildman–Crippen MR) is 122 cm³/mol. The molecule has 186 valence electrons. The number of carbonyl (C=O) groups is 3. The minimum Gasteiger partial charge on any atom is -0.380 e. The number of carbonyl (C=O) groups excluding carboxylic acids is 3. The molecule has 7 nitrogen and oxygen atoms in total. The third-order valence-electron chi connectivity index (χ3n) is 6.40. The zero-order valence-corrected chi connectivity index (χ0v) is 18.9.